The van der Waals surface area contributed by atoms with Crippen molar-refractivity contribution < 1.29 is 27.2 Å². The fraction of sp³-hybridized carbons (Fsp3) is 0.286. The van der Waals surface area contributed by atoms with Crippen molar-refractivity contribution in [2.45, 2.75) is 19.6 Å². The van der Waals surface area contributed by atoms with Gasteiger partial charge in [-0.25, -0.2) is 4.39 Å². The molecule has 0 atom stereocenters. The molecule has 0 aliphatic rings. The van der Waals surface area contributed by atoms with Gasteiger partial charge in [0.15, 0.2) is 5.82 Å². The molecule has 32 heavy (non-hydrogen) atoms. The smallest absolute Gasteiger partial charge is 0.355 e. The summed E-state index contributed by atoms with van der Waals surface area (Å²) in [6.45, 7) is -0.183. The quantitative estimate of drug-likeness (QED) is 0.407. The Balaban J connectivity index is 1.73. The van der Waals surface area contributed by atoms with Crippen molar-refractivity contribution in [3.8, 4) is 0 Å². The lowest BCUT2D eigenvalue weighted by Crippen LogP contribution is -2.40. The molecule has 1 heterocycles. The summed E-state index contributed by atoms with van der Waals surface area (Å²) in [6.07, 6.45) is -2.58. The lowest BCUT2D eigenvalue weighted by Gasteiger charge is -2.20. The van der Waals surface area contributed by atoms with E-state index in [1.165, 1.54) is 10.7 Å². The minimum atomic E-state index is -4.53. The second-order valence-electron chi connectivity index (χ2n) is 7.28. The molecular formula is C21H21F4N5O2. The Hall–Kier alpha value is -3.63. The van der Waals surface area contributed by atoms with Gasteiger partial charge in [-0.15, -0.1) is 0 Å². The van der Waals surface area contributed by atoms with Crippen molar-refractivity contribution in [1.82, 2.24) is 20.0 Å². The first-order valence-corrected chi connectivity index (χ1v) is 9.57. The van der Waals surface area contributed by atoms with Crippen LogP contribution in [0.5, 0.6) is 0 Å². The molecule has 2 aromatic carbocycles. The van der Waals surface area contributed by atoms with E-state index in [1.807, 2.05) is 0 Å². The summed E-state index contributed by atoms with van der Waals surface area (Å²) >= 11 is 0. The van der Waals surface area contributed by atoms with Gasteiger partial charge in [-0.05, 0) is 36.2 Å². The highest BCUT2D eigenvalue weighted by molar-refractivity contribution is 5.84. The molecule has 0 saturated heterocycles. The fourth-order valence-corrected chi connectivity index (χ4v) is 3.27. The van der Waals surface area contributed by atoms with Gasteiger partial charge < -0.3 is 15.5 Å². The number of anilines is 2. The van der Waals surface area contributed by atoms with Crippen LogP contribution in [0.1, 0.15) is 11.1 Å². The molecule has 0 saturated carbocycles. The number of carbonyl (C=O) groups excluding carboxylic acids is 2. The van der Waals surface area contributed by atoms with Gasteiger partial charge in [-0.3, -0.25) is 14.3 Å². The number of aryl methyl sites for hydroxylation is 1. The Morgan fingerprint density at radius 2 is 2.03 bits per heavy atom. The van der Waals surface area contributed by atoms with E-state index < -0.39 is 31.0 Å². The molecule has 2 N–H and O–H groups in total. The van der Waals surface area contributed by atoms with Gasteiger partial charge in [-0.2, -0.15) is 18.3 Å². The first-order valence-electron chi connectivity index (χ1n) is 9.57. The molecule has 0 fully saturated rings. The van der Waals surface area contributed by atoms with Gasteiger partial charge in [0.05, 0.1) is 12.7 Å². The van der Waals surface area contributed by atoms with Crippen LogP contribution in [-0.4, -0.2) is 46.3 Å². The van der Waals surface area contributed by atoms with Gasteiger partial charge >= 0.3 is 6.18 Å². The SMILES string of the molecule is Cc1c(CN(C=O)CC(=O)NCC(F)(F)F)cccc1Nc1cc(F)c2c(cnn2C)c1. The number of hydrogen-bond acceptors (Lipinski definition) is 4. The van der Waals surface area contributed by atoms with E-state index in [2.05, 4.69) is 10.4 Å². The molecule has 7 nitrogen and oxygen atoms in total. The van der Waals surface area contributed by atoms with Crippen molar-refractivity contribution in [3.05, 3.63) is 53.5 Å². The highest BCUT2D eigenvalue weighted by Crippen LogP contribution is 2.28. The predicted molar refractivity (Wildman–Crippen MR) is 111 cm³/mol. The second-order valence-corrected chi connectivity index (χ2v) is 7.28. The molecule has 0 aliphatic carbocycles. The van der Waals surface area contributed by atoms with Crippen molar-refractivity contribution in [2.24, 2.45) is 7.05 Å². The minimum Gasteiger partial charge on any atom is -0.355 e. The Bertz CT molecular complexity index is 1140. The van der Waals surface area contributed by atoms with Crippen LogP contribution in [0.25, 0.3) is 10.9 Å². The van der Waals surface area contributed by atoms with E-state index in [9.17, 15) is 27.2 Å². The van der Waals surface area contributed by atoms with Crippen molar-refractivity contribution in [3.63, 3.8) is 0 Å². The van der Waals surface area contributed by atoms with Crippen molar-refractivity contribution >= 4 is 34.6 Å². The summed E-state index contributed by atoms with van der Waals surface area (Å²) in [4.78, 5) is 24.1. The van der Waals surface area contributed by atoms with Gasteiger partial charge in [0.25, 0.3) is 0 Å². The Morgan fingerprint density at radius 1 is 1.28 bits per heavy atom. The number of nitrogens with one attached hydrogen (secondary N) is 2. The lowest BCUT2D eigenvalue weighted by molar-refractivity contribution is -0.140. The third-order valence-electron chi connectivity index (χ3n) is 4.87. The predicted octanol–water partition coefficient (Wildman–Crippen LogP) is 3.40. The fourth-order valence-electron chi connectivity index (χ4n) is 3.27. The average Bonchev–Trinajstić information content (AvgIpc) is 3.09. The molecule has 0 bridgehead atoms. The third-order valence-corrected chi connectivity index (χ3v) is 4.87. The number of benzene rings is 2. The van der Waals surface area contributed by atoms with Crippen LogP contribution in [-0.2, 0) is 23.2 Å². The van der Waals surface area contributed by atoms with Gasteiger partial charge in [0.2, 0.25) is 12.3 Å². The zero-order valence-corrected chi connectivity index (χ0v) is 17.3. The van der Waals surface area contributed by atoms with E-state index >= 15 is 0 Å². The lowest BCUT2D eigenvalue weighted by atomic mass is 10.1. The summed E-state index contributed by atoms with van der Waals surface area (Å²) in [5.74, 6) is -1.35. The molecule has 11 heteroatoms. The Kier molecular flexibility index (Phi) is 6.66. The zero-order valence-electron chi connectivity index (χ0n) is 17.3. The molecule has 0 spiro atoms. The Labute approximate surface area is 181 Å². The molecule has 3 rings (SSSR count). The molecule has 1 aromatic heterocycles. The number of amides is 2. The monoisotopic (exact) mass is 451 g/mol. The van der Waals surface area contributed by atoms with Crippen LogP contribution < -0.4 is 10.6 Å². The average molecular weight is 451 g/mol. The maximum atomic E-state index is 14.4. The largest absolute Gasteiger partial charge is 0.405 e. The third kappa shape index (κ3) is 5.54. The number of alkyl halides is 3. The maximum Gasteiger partial charge on any atom is 0.405 e. The number of fused-ring (bicyclic) bond motifs is 1. The summed E-state index contributed by atoms with van der Waals surface area (Å²) in [5, 5.41) is 9.54. The molecule has 0 unspecified atom stereocenters. The van der Waals surface area contributed by atoms with E-state index in [-0.39, 0.29) is 6.54 Å². The van der Waals surface area contributed by atoms with Gasteiger partial charge in [-0.1, -0.05) is 12.1 Å². The normalized spacial score (nSPS) is 11.4. The highest BCUT2D eigenvalue weighted by Gasteiger charge is 2.28. The topological polar surface area (TPSA) is 79.3 Å². The van der Waals surface area contributed by atoms with E-state index in [0.717, 1.165) is 10.5 Å². The van der Waals surface area contributed by atoms with Crippen molar-refractivity contribution in [2.75, 3.05) is 18.4 Å². The first kappa shape index (κ1) is 23.0. The molecule has 0 aliphatic heterocycles. The maximum absolute atomic E-state index is 14.4. The number of aromatic nitrogens is 2. The minimum absolute atomic E-state index is 0.0142. The molecule has 2 amide bonds. The van der Waals surface area contributed by atoms with E-state index in [1.54, 1.807) is 49.8 Å². The summed E-state index contributed by atoms with van der Waals surface area (Å²) in [7, 11) is 1.65. The molecule has 3 aromatic rings. The van der Waals surface area contributed by atoms with Crippen LogP contribution >= 0.6 is 0 Å². The molecular weight excluding hydrogens is 430 g/mol. The van der Waals surface area contributed by atoms with Crippen LogP contribution in [0, 0.1) is 12.7 Å². The van der Waals surface area contributed by atoms with Crippen LogP contribution in [0.2, 0.25) is 0 Å². The summed E-state index contributed by atoms with van der Waals surface area (Å²) in [5.41, 5.74) is 2.95. The Morgan fingerprint density at radius 3 is 2.72 bits per heavy atom. The molecule has 0 radical (unpaired) electrons. The molecule has 170 valence electrons. The van der Waals surface area contributed by atoms with Crippen LogP contribution in [0.4, 0.5) is 28.9 Å². The van der Waals surface area contributed by atoms with Crippen LogP contribution in [0.3, 0.4) is 0 Å². The van der Waals surface area contributed by atoms with E-state index in [4.69, 9.17) is 0 Å². The first-order chi connectivity index (χ1) is 15.1. The summed E-state index contributed by atoms with van der Waals surface area (Å²) < 4.78 is 52.6. The number of nitrogens with zero attached hydrogens (tertiary/aromatic N) is 3. The second kappa shape index (κ2) is 9.25. The highest BCUT2D eigenvalue weighted by atomic mass is 19.4. The number of hydrogen-bond donors (Lipinski definition) is 2. The standard InChI is InChI=1S/C21H21F4N5O2/c1-13-14(9-30(12-31)10-19(32)26-11-21(23,24)25)4-3-5-18(13)28-16-6-15-8-27-29(2)20(15)17(22)7-16/h3-8,12,28H,9-11H2,1-2H3,(H,26,32). The van der Waals surface area contributed by atoms with Crippen molar-refractivity contribution in [1.29, 1.82) is 0 Å². The zero-order chi connectivity index (χ0) is 23.5. The van der Waals surface area contributed by atoms with Gasteiger partial charge in [0.1, 0.15) is 12.1 Å². The number of carbonyl (C=O) groups is 2. The number of halogens is 4. The van der Waals surface area contributed by atoms with E-state index in [0.29, 0.717) is 34.3 Å². The van der Waals surface area contributed by atoms with Crippen LogP contribution in [0.15, 0.2) is 36.5 Å². The summed E-state index contributed by atoms with van der Waals surface area (Å²) in [6, 6.07) is 8.32. The number of rotatable bonds is 8. The van der Waals surface area contributed by atoms with Gasteiger partial charge in [0, 0.05) is 30.4 Å².